The number of amidine groups is 1. The molecular weight excluding hydrogens is 174 g/mol. The third-order valence-electron chi connectivity index (χ3n) is 1.92. The standard InChI is InChI=1S/C7H15N3OS/c8-7(9-11)1-2-10-3-5-12-6-4-10/h11H,1-6H2,(H2,8,9). The maximum Gasteiger partial charge on any atom is 0.140 e. The molecule has 5 heteroatoms. The zero-order chi connectivity index (χ0) is 8.81. The van der Waals surface area contributed by atoms with Crippen LogP contribution in [0.1, 0.15) is 6.42 Å². The first-order valence-electron chi connectivity index (χ1n) is 4.09. The molecule has 4 nitrogen and oxygen atoms in total. The second kappa shape index (κ2) is 5.27. The van der Waals surface area contributed by atoms with E-state index < -0.39 is 0 Å². The molecule has 0 spiro atoms. The second-order valence-electron chi connectivity index (χ2n) is 2.80. The van der Waals surface area contributed by atoms with Crippen molar-refractivity contribution in [2.75, 3.05) is 31.1 Å². The number of hydrogen-bond donors (Lipinski definition) is 2. The van der Waals surface area contributed by atoms with Crippen LogP contribution in [0.5, 0.6) is 0 Å². The van der Waals surface area contributed by atoms with E-state index in [0.717, 1.165) is 19.6 Å². The number of oxime groups is 1. The largest absolute Gasteiger partial charge is 0.409 e. The van der Waals surface area contributed by atoms with Gasteiger partial charge in [0, 0.05) is 37.6 Å². The molecule has 0 aliphatic carbocycles. The average molecular weight is 189 g/mol. The monoisotopic (exact) mass is 189 g/mol. The highest BCUT2D eigenvalue weighted by molar-refractivity contribution is 7.99. The normalized spacial score (nSPS) is 21.2. The Hall–Kier alpha value is -0.420. The van der Waals surface area contributed by atoms with Gasteiger partial charge in [0.15, 0.2) is 0 Å². The molecule has 0 bridgehead atoms. The molecule has 1 saturated heterocycles. The zero-order valence-electron chi connectivity index (χ0n) is 7.07. The summed E-state index contributed by atoms with van der Waals surface area (Å²) in [4.78, 5) is 2.34. The number of nitrogens with two attached hydrogens (primary N) is 1. The van der Waals surface area contributed by atoms with Crippen molar-refractivity contribution in [3.63, 3.8) is 0 Å². The molecule has 0 aromatic rings. The Morgan fingerprint density at radius 3 is 2.75 bits per heavy atom. The number of rotatable bonds is 3. The second-order valence-corrected chi connectivity index (χ2v) is 4.02. The minimum absolute atomic E-state index is 0.327. The van der Waals surface area contributed by atoms with Gasteiger partial charge in [-0.2, -0.15) is 11.8 Å². The number of thioether (sulfide) groups is 1. The van der Waals surface area contributed by atoms with E-state index >= 15 is 0 Å². The van der Waals surface area contributed by atoms with Gasteiger partial charge in [0.25, 0.3) is 0 Å². The van der Waals surface area contributed by atoms with Crippen molar-refractivity contribution in [2.45, 2.75) is 6.42 Å². The molecule has 3 N–H and O–H groups in total. The summed E-state index contributed by atoms with van der Waals surface area (Å²) in [6, 6.07) is 0. The van der Waals surface area contributed by atoms with E-state index in [1.54, 1.807) is 0 Å². The lowest BCUT2D eigenvalue weighted by Crippen LogP contribution is -2.35. The Bertz CT molecular complexity index is 157. The maximum atomic E-state index is 8.30. The molecule has 1 fully saturated rings. The van der Waals surface area contributed by atoms with Gasteiger partial charge in [-0.25, -0.2) is 0 Å². The first-order valence-corrected chi connectivity index (χ1v) is 5.25. The van der Waals surface area contributed by atoms with Gasteiger partial charge in [-0.1, -0.05) is 5.16 Å². The minimum atomic E-state index is 0.327. The number of hydrogen-bond acceptors (Lipinski definition) is 4. The van der Waals surface area contributed by atoms with Crippen molar-refractivity contribution in [1.82, 2.24) is 4.90 Å². The summed E-state index contributed by atoms with van der Waals surface area (Å²) < 4.78 is 0. The lowest BCUT2D eigenvalue weighted by molar-refractivity contribution is 0.300. The van der Waals surface area contributed by atoms with Crippen LogP contribution < -0.4 is 5.73 Å². The zero-order valence-corrected chi connectivity index (χ0v) is 7.89. The van der Waals surface area contributed by atoms with Crippen LogP contribution in [0.4, 0.5) is 0 Å². The highest BCUT2D eigenvalue weighted by atomic mass is 32.2. The van der Waals surface area contributed by atoms with Crippen molar-refractivity contribution in [3.8, 4) is 0 Å². The quantitative estimate of drug-likeness (QED) is 0.287. The van der Waals surface area contributed by atoms with E-state index in [4.69, 9.17) is 10.9 Å². The van der Waals surface area contributed by atoms with Gasteiger partial charge in [-0.15, -0.1) is 0 Å². The highest BCUT2D eigenvalue weighted by Crippen LogP contribution is 2.08. The van der Waals surface area contributed by atoms with Gasteiger partial charge in [-0.3, -0.25) is 0 Å². The van der Waals surface area contributed by atoms with Gasteiger partial charge in [0.2, 0.25) is 0 Å². The SMILES string of the molecule is N/C(CCN1CCSCC1)=N\O. The lowest BCUT2D eigenvalue weighted by Gasteiger charge is -2.25. The average Bonchev–Trinajstić information content (AvgIpc) is 2.16. The molecule has 1 aliphatic rings. The first-order chi connectivity index (χ1) is 5.83. The van der Waals surface area contributed by atoms with Crippen LogP contribution in [0.2, 0.25) is 0 Å². The van der Waals surface area contributed by atoms with E-state index in [1.807, 2.05) is 11.8 Å². The summed E-state index contributed by atoms with van der Waals surface area (Å²) in [5.41, 5.74) is 5.36. The topological polar surface area (TPSA) is 61.8 Å². The van der Waals surface area contributed by atoms with Gasteiger partial charge >= 0.3 is 0 Å². The molecule has 0 aromatic carbocycles. The van der Waals surface area contributed by atoms with Crippen LogP contribution >= 0.6 is 11.8 Å². The molecule has 0 radical (unpaired) electrons. The van der Waals surface area contributed by atoms with Crippen LogP contribution in [0.3, 0.4) is 0 Å². The van der Waals surface area contributed by atoms with Crippen molar-refractivity contribution < 1.29 is 5.21 Å². The van der Waals surface area contributed by atoms with Gasteiger partial charge < -0.3 is 15.8 Å². The molecule has 0 amide bonds. The van der Waals surface area contributed by atoms with Crippen LogP contribution in [-0.4, -0.2) is 47.1 Å². The van der Waals surface area contributed by atoms with Crippen LogP contribution in [0, 0.1) is 0 Å². The highest BCUT2D eigenvalue weighted by Gasteiger charge is 2.09. The smallest absolute Gasteiger partial charge is 0.140 e. The summed E-state index contributed by atoms with van der Waals surface area (Å²) in [6.45, 7) is 3.17. The Balaban J connectivity index is 2.13. The van der Waals surface area contributed by atoms with Crippen molar-refractivity contribution in [1.29, 1.82) is 0 Å². The molecule has 0 atom stereocenters. The minimum Gasteiger partial charge on any atom is -0.409 e. The predicted octanol–water partition coefficient (Wildman–Crippen LogP) is 0.172. The van der Waals surface area contributed by atoms with E-state index in [1.165, 1.54) is 11.5 Å². The fourth-order valence-electron chi connectivity index (χ4n) is 1.15. The molecule has 70 valence electrons. The molecule has 12 heavy (non-hydrogen) atoms. The Kier molecular flexibility index (Phi) is 4.24. The van der Waals surface area contributed by atoms with Crippen molar-refractivity contribution in [3.05, 3.63) is 0 Å². The van der Waals surface area contributed by atoms with Crippen LogP contribution in [-0.2, 0) is 0 Å². The third-order valence-corrected chi connectivity index (χ3v) is 2.86. The fraction of sp³-hybridized carbons (Fsp3) is 0.857. The molecule has 1 aliphatic heterocycles. The molecule has 1 heterocycles. The molecule has 0 unspecified atom stereocenters. The number of nitrogens with zero attached hydrogens (tertiary/aromatic N) is 2. The van der Waals surface area contributed by atoms with E-state index in [2.05, 4.69) is 10.1 Å². The van der Waals surface area contributed by atoms with E-state index in [9.17, 15) is 0 Å². The van der Waals surface area contributed by atoms with Crippen LogP contribution in [0.25, 0.3) is 0 Å². The van der Waals surface area contributed by atoms with Crippen molar-refractivity contribution >= 4 is 17.6 Å². The summed E-state index contributed by atoms with van der Waals surface area (Å²) in [7, 11) is 0. The third kappa shape index (κ3) is 3.32. The molecule has 0 saturated carbocycles. The van der Waals surface area contributed by atoms with Gasteiger partial charge in [0.05, 0.1) is 0 Å². The van der Waals surface area contributed by atoms with Crippen LogP contribution in [0.15, 0.2) is 5.16 Å². The van der Waals surface area contributed by atoms with E-state index in [0.29, 0.717) is 12.3 Å². The van der Waals surface area contributed by atoms with E-state index in [-0.39, 0.29) is 0 Å². The first kappa shape index (κ1) is 9.67. The summed E-state index contributed by atoms with van der Waals surface area (Å²) in [5.74, 6) is 2.74. The predicted molar refractivity (Wildman–Crippen MR) is 51.8 cm³/mol. The van der Waals surface area contributed by atoms with Gasteiger partial charge in [0.1, 0.15) is 5.84 Å². The Morgan fingerprint density at radius 2 is 2.17 bits per heavy atom. The fourth-order valence-corrected chi connectivity index (χ4v) is 2.13. The molecule has 0 aromatic heterocycles. The van der Waals surface area contributed by atoms with Crippen molar-refractivity contribution in [2.24, 2.45) is 10.9 Å². The Morgan fingerprint density at radius 1 is 1.50 bits per heavy atom. The summed E-state index contributed by atoms with van der Waals surface area (Å²) in [6.07, 6.45) is 0.668. The molecular formula is C7H15N3OS. The molecule has 1 rings (SSSR count). The van der Waals surface area contributed by atoms with Gasteiger partial charge in [-0.05, 0) is 0 Å². The lowest BCUT2D eigenvalue weighted by atomic mass is 10.3. The summed E-state index contributed by atoms with van der Waals surface area (Å²) >= 11 is 1.99. The summed E-state index contributed by atoms with van der Waals surface area (Å²) in [5, 5.41) is 11.2. The maximum absolute atomic E-state index is 8.30. The Labute approximate surface area is 76.8 Å².